The molecule has 0 fully saturated rings. The highest BCUT2D eigenvalue weighted by Gasteiger charge is 2.04. The highest BCUT2D eigenvalue weighted by Crippen LogP contribution is 2.03. The Balaban J connectivity index is 2.59. The lowest BCUT2D eigenvalue weighted by Gasteiger charge is -2.03. The van der Waals surface area contributed by atoms with Gasteiger partial charge in [-0.25, -0.2) is 14.8 Å². The molecule has 0 aliphatic rings. The number of hydrogen-bond donors (Lipinski definition) is 2. The van der Waals surface area contributed by atoms with Gasteiger partial charge in [0.1, 0.15) is 12.1 Å². The normalized spacial score (nSPS) is 9.79. The number of anilines is 1. The van der Waals surface area contributed by atoms with E-state index in [1.165, 1.54) is 12.4 Å². The van der Waals surface area contributed by atoms with E-state index in [-0.39, 0.29) is 5.69 Å². The van der Waals surface area contributed by atoms with E-state index in [9.17, 15) is 4.79 Å². The van der Waals surface area contributed by atoms with Crippen LogP contribution in [0.5, 0.6) is 0 Å². The van der Waals surface area contributed by atoms with Crippen molar-refractivity contribution in [3.8, 4) is 0 Å². The Labute approximate surface area is 82.2 Å². The van der Waals surface area contributed by atoms with Gasteiger partial charge in [-0.1, -0.05) is 13.3 Å². The number of nitrogens with one attached hydrogen (secondary N) is 1. The minimum absolute atomic E-state index is 0.0130. The summed E-state index contributed by atoms with van der Waals surface area (Å²) >= 11 is 0. The van der Waals surface area contributed by atoms with Crippen molar-refractivity contribution in [3.05, 3.63) is 18.1 Å². The molecule has 0 aromatic carbocycles. The lowest BCUT2D eigenvalue weighted by atomic mass is 10.3. The van der Waals surface area contributed by atoms with Gasteiger partial charge in [-0.15, -0.1) is 0 Å². The zero-order chi connectivity index (χ0) is 10.4. The average molecular weight is 195 g/mol. The SMILES string of the molecule is CCCCNc1cc(C(=O)O)ncn1. The third-order valence-corrected chi connectivity index (χ3v) is 1.72. The second kappa shape index (κ2) is 5.16. The van der Waals surface area contributed by atoms with Crippen molar-refractivity contribution in [3.63, 3.8) is 0 Å². The maximum atomic E-state index is 10.6. The molecule has 0 bridgehead atoms. The molecule has 1 rings (SSSR count). The quantitative estimate of drug-likeness (QED) is 0.694. The number of carboxylic acids is 1. The van der Waals surface area contributed by atoms with E-state index in [0.29, 0.717) is 5.82 Å². The van der Waals surface area contributed by atoms with Crippen molar-refractivity contribution >= 4 is 11.8 Å². The minimum atomic E-state index is -1.04. The van der Waals surface area contributed by atoms with E-state index in [2.05, 4.69) is 22.2 Å². The predicted octanol–water partition coefficient (Wildman–Crippen LogP) is 1.39. The van der Waals surface area contributed by atoms with Crippen molar-refractivity contribution in [1.29, 1.82) is 0 Å². The monoisotopic (exact) mass is 195 g/mol. The van der Waals surface area contributed by atoms with Crippen LogP contribution in [0.4, 0.5) is 5.82 Å². The maximum Gasteiger partial charge on any atom is 0.354 e. The number of aromatic carboxylic acids is 1. The van der Waals surface area contributed by atoms with Gasteiger partial charge in [-0.2, -0.15) is 0 Å². The van der Waals surface area contributed by atoms with Gasteiger partial charge >= 0.3 is 5.97 Å². The summed E-state index contributed by atoms with van der Waals surface area (Å²) in [5.41, 5.74) is 0.0130. The zero-order valence-electron chi connectivity index (χ0n) is 8.03. The molecule has 0 atom stereocenters. The average Bonchev–Trinajstić information content (AvgIpc) is 2.19. The molecule has 0 radical (unpaired) electrons. The summed E-state index contributed by atoms with van der Waals surface area (Å²) in [7, 11) is 0. The fourth-order valence-corrected chi connectivity index (χ4v) is 0.964. The number of carbonyl (C=O) groups is 1. The largest absolute Gasteiger partial charge is 0.477 e. The Hall–Kier alpha value is -1.65. The summed E-state index contributed by atoms with van der Waals surface area (Å²) in [5, 5.41) is 11.7. The number of rotatable bonds is 5. The fraction of sp³-hybridized carbons (Fsp3) is 0.444. The Bertz CT molecular complexity index is 315. The van der Waals surface area contributed by atoms with Crippen LogP contribution in [0.2, 0.25) is 0 Å². The van der Waals surface area contributed by atoms with Crippen LogP contribution in [0, 0.1) is 0 Å². The second-order valence-electron chi connectivity index (χ2n) is 2.87. The Morgan fingerprint density at radius 2 is 2.36 bits per heavy atom. The molecule has 0 aliphatic carbocycles. The van der Waals surface area contributed by atoms with Crippen LogP contribution in [-0.4, -0.2) is 27.6 Å². The molecule has 0 unspecified atom stereocenters. The number of nitrogens with zero attached hydrogens (tertiary/aromatic N) is 2. The van der Waals surface area contributed by atoms with Crippen molar-refractivity contribution < 1.29 is 9.90 Å². The number of aromatic nitrogens is 2. The molecule has 5 nitrogen and oxygen atoms in total. The first kappa shape index (κ1) is 10.4. The predicted molar refractivity (Wildman–Crippen MR) is 52.4 cm³/mol. The summed E-state index contributed by atoms with van der Waals surface area (Å²) in [4.78, 5) is 18.1. The molecule has 1 aromatic heterocycles. The molecule has 1 aromatic rings. The molecule has 0 saturated heterocycles. The van der Waals surface area contributed by atoms with Crippen LogP contribution < -0.4 is 5.32 Å². The van der Waals surface area contributed by atoms with Crippen LogP contribution in [0.1, 0.15) is 30.3 Å². The Morgan fingerprint density at radius 1 is 1.57 bits per heavy atom. The zero-order valence-corrected chi connectivity index (χ0v) is 8.03. The molecule has 2 N–H and O–H groups in total. The second-order valence-corrected chi connectivity index (χ2v) is 2.87. The van der Waals surface area contributed by atoms with Crippen molar-refractivity contribution in [2.24, 2.45) is 0 Å². The van der Waals surface area contributed by atoms with Gasteiger partial charge in [0, 0.05) is 12.6 Å². The van der Waals surface area contributed by atoms with E-state index in [0.717, 1.165) is 19.4 Å². The fourth-order valence-electron chi connectivity index (χ4n) is 0.964. The van der Waals surface area contributed by atoms with Crippen molar-refractivity contribution in [1.82, 2.24) is 9.97 Å². The van der Waals surface area contributed by atoms with Crippen molar-refractivity contribution in [2.75, 3.05) is 11.9 Å². The molecule has 1 heterocycles. The van der Waals surface area contributed by atoms with Gasteiger partial charge in [0.05, 0.1) is 0 Å². The van der Waals surface area contributed by atoms with Gasteiger partial charge in [-0.05, 0) is 6.42 Å². The molecular formula is C9H13N3O2. The van der Waals surface area contributed by atoms with Gasteiger partial charge < -0.3 is 10.4 Å². The highest BCUT2D eigenvalue weighted by molar-refractivity contribution is 5.85. The summed E-state index contributed by atoms with van der Waals surface area (Å²) in [6, 6.07) is 1.43. The molecule has 0 saturated carbocycles. The summed E-state index contributed by atoms with van der Waals surface area (Å²) in [6.07, 6.45) is 3.37. The van der Waals surface area contributed by atoms with E-state index in [1.807, 2.05) is 0 Å². The Kier molecular flexibility index (Phi) is 3.84. The third kappa shape index (κ3) is 3.01. The topological polar surface area (TPSA) is 75.1 Å². The van der Waals surface area contributed by atoms with Gasteiger partial charge in [0.25, 0.3) is 0 Å². The van der Waals surface area contributed by atoms with Crippen LogP contribution in [-0.2, 0) is 0 Å². The van der Waals surface area contributed by atoms with Gasteiger partial charge in [-0.3, -0.25) is 0 Å². The summed E-state index contributed by atoms with van der Waals surface area (Å²) < 4.78 is 0. The first-order chi connectivity index (χ1) is 6.74. The number of unbranched alkanes of at least 4 members (excludes halogenated alkanes) is 1. The Morgan fingerprint density at radius 3 is 3.00 bits per heavy atom. The van der Waals surface area contributed by atoms with E-state index >= 15 is 0 Å². The van der Waals surface area contributed by atoms with E-state index < -0.39 is 5.97 Å². The summed E-state index contributed by atoms with van der Waals surface area (Å²) in [5.74, 6) is -0.475. The standard InChI is InChI=1S/C9H13N3O2/c1-2-3-4-10-8-5-7(9(13)14)11-6-12-8/h5-6H,2-4H2,1H3,(H,13,14)(H,10,11,12). The van der Waals surface area contributed by atoms with Crippen LogP contribution in [0.3, 0.4) is 0 Å². The van der Waals surface area contributed by atoms with Crippen LogP contribution in [0.15, 0.2) is 12.4 Å². The minimum Gasteiger partial charge on any atom is -0.477 e. The number of carboxylic acid groups (broad SMARTS) is 1. The maximum absolute atomic E-state index is 10.6. The lowest BCUT2D eigenvalue weighted by molar-refractivity contribution is 0.0690. The molecule has 5 heteroatoms. The van der Waals surface area contributed by atoms with E-state index in [4.69, 9.17) is 5.11 Å². The third-order valence-electron chi connectivity index (χ3n) is 1.72. The van der Waals surface area contributed by atoms with Crippen molar-refractivity contribution in [2.45, 2.75) is 19.8 Å². The first-order valence-corrected chi connectivity index (χ1v) is 4.53. The van der Waals surface area contributed by atoms with Gasteiger partial charge in [0.15, 0.2) is 5.69 Å². The smallest absolute Gasteiger partial charge is 0.354 e. The molecule has 0 spiro atoms. The molecule has 0 amide bonds. The highest BCUT2D eigenvalue weighted by atomic mass is 16.4. The lowest BCUT2D eigenvalue weighted by Crippen LogP contribution is -2.06. The molecule has 76 valence electrons. The molecule has 14 heavy (non-hydrogen) atoms. The number of hydrogen-bond acceptors (Lipinski definition) is 4. The van der Waals surface area contributed by atoms with Crippen LogP contribution >= 0.6 is 0 Å². The molecule has 0 aliphatic heterocycles. The first-order valence-electron chi connectivity index (χ1n) is 4.53. The summed E-state index contributed by atoms with van der Waals surface area (Å²) in [6.45, 7) is 2.89. The van der Waals surface area contributed by atoms with Crippen LogP contribution in [0.25, 0.3) is 0 Å². The van der Waals surface area contributed by atoms with Gasteiger partial charge in [0.2, 0.25) is 0 Å². The van der Waals surface area contributed by atoms with E-state index in [1.54, 1.807) is 0 Å². The molecular weight excluding hydrogens is 182 g/mol.